The first-order chi connectivity index (χ1) is 16.2. The first-order valence-electron chi connectivity index (χ1n) is 10.8. The fourth-order valence-electron chi connectivity index (χ4n) is 4.71. The van der Waals surface area contributed by atoms with Crippen LogP contribution in [0.5, 0.6) is 0 Å². The van der Waals surface area contributed by atoms with Gasteiger partial charge in [-0.05, 0) is 40.8 Å². The molecule has 1 aromatic heterocycles. The highest BCUT2D eigenvalue weighted by atomic mass is 32.2. The highest BCUT2D eigenvalue weighted by molar-refractivity contribution is 7.99. The van der Waals surface area contributed by atoms with E-state index in [2.05, 4.69) is 17.0 Å². The maximum absolute atomic E-state index is 13.5. The van der Waals surface area contributed by atoms with E-state index in [1.165, 1.54) is 39.6 Å². The molecule has 0 spiro atoms. The number of carboxylic acids is 1. The summed E-state index contributed by atoms with van der Waals surface area (Å²) in [5.41, 5.74) is 2.65. The summed E-state index contributed by atoms with van der Waals surface area (Å²) < 4.78 is 41.6. The Labute approximate surface area is 197 Å². The van der Waals surface area contributed by atoms with E-state index in [1.54, 1.807) is 6.07 Å². The molecule has 0 aliphatic carbocycles. The molecule has 3 aromatic rings. The Hall–Kier alpha value is -3.04. The van der Waals surface area contributed by atoms with Crippen LogP contribution in [-0.2, 0) is 30.5 Å². The van der Waals surface area contributed by atoms with Crippen molar-refractivity contribution in [3.63, 3.8) is 0 Å². The van der Waals surface area contributed by atoms with E-state index < -0.39 is 29.3 Å². The molecule has 0 saturated heterocycles. The molecule has 1 N–H and O–H groups in total. The number of aromatic nitrogens is 1. The molecule has 0 bridgehead atoms. The number of alkyl halides is 3. The van der Waals surface area contributed by atoms with Crippen molar-refractivity contribution in [2.45, 2.75) is 36.8 Å². The largest absolute Gasteiger partial charge is 0.480 e. The van der Waals surface area contributed by atoms with Crippen molar-refractivity contribution in [3.05, 3.63) is 87.2 Å². The second-order valence-electron chi connectivity index (χ2n) is 8.53. The summed E-state index contributed by atoms with van der Waals surface area (Å²) in [7, 11) is 0. The normalized spacial score (nSPS) is 17.9. The van der Waals surface area contributed by atoms with Crippen LogP contribution in [0.25, 0.3) is 11.1 Å². The summed E-state index contributed by atoms with van der Waals surface area (Å²) in [5, 5.41) is 10.00. The van der Waals surface area contributed by atoms with Crippen LogP contribution in [0.4, 0.5) is 13.2 Å². The molecule has 34 heavy (non-hydrogen) atoms. The van der Waals surface area contributed by atoms with Crippen LogP contribution in [-0.4, -0.2) is 32.8 Å². The van der Waals surface area contributed by atoms with Crippen LogP contribution in [0.1, 0.15) is 28.3 Å². The van der Waals surface area contributed by atoms with Crippen molar-refractivity contribution in [1.29, 1.82) is 0 Å². The van der Waals surface area contributed by atoms with Crippen LogP contribution in [0.2, 0.25) is 0 Å². The van der Waals surface area contributed by atoms with Crippen LogP contribution in [0.3, 0.4) is 0 Å². The van der Waals surface area contributed by atoms with Gasteiger partial charge < -0.3 is 5.11 Å². The number of rotatable bonds is 4. The summed E-state index contributed by atoms with van der Waals surface area (Å²) in [6, 6.07) is 13.5. The van der Waals surface area contributed by atoms with E-state index >= 15 is 0 Å². The summed E-state index contributed by atoms with van der Waals surface area (Å²) in [4.78, 5) is 26.9. The highest BCUT2D eigenvalue weighted by Gasteiger charge is 2.35. The number of fused-ring (bicyclic) bond motifs is 2. The molecule has 3 heterocycles. The van der Waals surface area contributed by atoms with E-state index in [0.717, 1.165) is 25.1 Å². The van der Waals surface area contributed by atoms with Gasteiger partial charge in [0.25, 0.3) is 5.56 Å². The monoisotopic (exact) mass is 486 g/mol. The van der Waals surface area contributed by atoms with Crippen molar-refractivity contribution >= 4 is 17.7 Å². The molecule has 176 valence electrons. The van der Waals surface area contributed by atoms with E-state index in [-0.39, 0.29) is 5.75 Å². The zero-order valence-corrected chi connectivity index (χ0v) is 18.8. The molecule has 5 nitrogen and oxygen atoms in total. The van der Waals surface area contributed by atoms with E-state index in [9.17, 15) is 27.9 Å². The third-order valence-corrected chi connectivity index (χ3v) is 7.50. The number of thioether (sulfide) groups is 1. The Balaban J connectivity index is 1.62. The van der Waals surface area contributed by atoms with Gasteiger partial charge in [-0.3, -0.25) is 14.3 Å². The molecule has 2 aliphatic heterocycles. The van der Waals surface area contributed by atoms with E-state index in [1.807, 2.05) is 12.1 Å². The average Bonchev–Trinajstić information content (AvgIpc) is 3.25. The predicted octanol–water partition coefficient (Wildman–Crippen LogP) is 4.82. The lowest BCUT2D eigenvalue weighted by atomic mass is 9.96. The average molecular weight is 487 g/mol. The SMILES string of the molecule is O=C(O)[C@@H]1CSc2c(-c3cccc(C(F)(F)F)c3)c(CN3CCc4ccccc4C3)cc(=O)n21. The van der Waals surface area contributed by atoms with Gasteiger partial charge in [0.2, 0.25) is 0 Å². The lowest BCUT2D eigenvalue weighted by molar-refractivity contribution is -0.140. The van der Waals surface area contributed by atoms with Crippen molar-refractivity contribution in [2.75, 3.05) is 12.3 Å². The first kappa shape index (κ1) is 22.7. The zero-order valence-electron chi connectivity index (χ0n) is 18.0. The molecular formula is C25H21F3N2O3S. The van der Waals surface area contributed by atoms with Crippen LogP contribution in [0.15, 0.2) is 64.4 Å². The Morgan fingerprint density at radius 1 is 1.09 bits per heavy atom. The summed E-state index contributed by atoms with van der Waals surface area (Å²) >= 11 is 1.20. The minimum atomic E-state index is -4.52. The smallest absolute Gasteiger partial charge is 0.416 e. The van der Waals surface area contributed by atoms with Crippen molar-refractivity contribution in [1.82, 2.24) is 9.47 Å². The number of carbonyl (C=O) groups is 1. The quantitative estimate of drug-likeness (QED) is 0.573. The number of carboxylic acid groups (broad SMARTS) is 1. The summed E-state index contributed by atoms with van der Waals surface area (Å²) in [6.07, 6.45) is -3.67. The van der Waals surface area contributed by atoms with Crippen molar-refractivity contribution in [3.8, 4) is 11.1 Å². The Morgan fingerprint density at radius 2 is 1.85 bits per heavy atom. The topological polar surface area (TPSA) is 62.5 Å². The van der Waals surface area contributed by atoms with Gasteiger partial charge in [0, 0.05) is 37.0 Å². The van der Waals surface area contributed by atoms with Crippen LogP contribution >= 0.6 is 11.8 Å². The Kier molecular flexibility index (Phi) is 5.77. The maximum atomic E-state index is 13.5. The number of hydrogen-bond donors (Lipinski definition) is 1. The second-order valence-corrected chi connectivity index (χ2v) is 9.54. The number of halogens is 3. The second kappa shape index (κ2) is 8.63. The highest BCUT2D eigenvalue weighted by Crippen LogP contribution is 2.42. The summed E-state index contributed by atoms with van der Waals surface area (Å²) in [6.45, 7) is 1.80. The summed E-state index contributed by atoms with van der Waals surface area (Å²) in [5.74, 6) is -0.986. The fourth-order valence-corrected chi connectivity index (χ4v) is 6.07. The van der Waals surface area contributed by atoms with Crippen molar-refractivity contribution in [2.24, 2.45) is 0 Å². The molecule has 0 saturated carbocycles. The molecule has 1 atom stereocenters. The zero-order chi connectivity index (χ0) is 24.0. The van der Waals surface area contributed by atoms with Gasteiger partial charge in [-0.15, -0.1) is 11.8 Å². The van der Waals surface area contributed by atoms with E-state index in [4.69, 9.17) is 0 Å². The molecule has 0 unspecified atom stereocenters. The first-order valence-corrected chi connectivity index (χ1v) is 11.8. The number of pyridine rings is 1. The molecule has 2 aromatic carbocycles. The van der Waals surface area contributed by atoms with Crippen LogP contribution in [0, 0.1) is 0 Å². The van der Waals surface area contributed by atoms with Gasteiger partial charge in [-0.1, -0.05) is 36.4 Å². The van der Waals surface area contributed by atoms with Gasteiger partial charge in [0.1, 0.15) is 6.04 Å². The van der Waals surface area contributed by atoms with Crippen LogP contribution < -0.4 is 5.56 Å². The Morgan fingerprint density at radius 3 is 2.59 bits per heavy atom. The minimum Gasteiger partial charge on any atom is -0.480 e. The van der Waals surface area contributed by atoms with Crippen molar-refractivity contribution < 1.29 is 23.1 Å². The molecule has 2 aliphatic rings. The molecule has 0 radical (unpaired) electrons. The lowest BCUT2D eigenvalue weighted by Crippen LogP contribution is -2.32. The van der Waals surface area contributed by atoms with Gasteiger partial charge in [0.05, 0.1) is 10.6 Å². The predicted molar refractivity (Wildman–Crippen MR) is 123 cm³/mol. The standard InChI is InChI=1S/C25H21F3N2O3S/c26-25(27,28)19-7-3-6-16(10-19)22-18(11-21(31)30-20(24(32)33)14-34-23(22)30)13-29-9-8-15-4-1-2-5-17(15)12-29/h1-7,10-11,20H,8-9,12-14H2,(H,32,33)/t20-/m0/s1. The lowest BCUT2D eigenvalue weighted by Gasteiger charge is -2.30. The van der Waals surface area contributed by atoms with Gasteiger partial charge >= 0.3 is 12.1 Å². The number of nitrogens with zero attached hydrogens (tertiary/aromatic N) is 2. The number of hydrogen-bond acceptors (Lipinski definition) is 4. The molecular weight excluding hydrogens is 465 g/mol. The maximum Gasteiger partial charge on any atom is 0.416 e. The van der Waals surface area contributed by atoms with Gasteiger partial charge in [-0.2, -0.15) is 13.2 Å². The Bertz CT molecular complexity index is 1340. The third-order valence-electron chi connectivity index (χ3n) is 6.35. The minimum absolute atomic E-state index is 0.150. The molecule has 0 amide bonds. The third kappa shape index (κ3) is 4.14. The van der Waals surface area contributed by atoms with E-state index in [0.29, 0.717) is 34.8 Å². The molecule has 9 heteroatoms. The number of benzene rings is 2. The number of aliphatic carboxylic acids is 1. The molecule has 0 fully saturated rings. The molecule has 5 rings (SSSR count). The fraction of sp³-hybridized carbons (Fsp3) is 0.280. The van der Waals surface area contributed by atoms with Gasteiger partial charge in [0.15, 0.2) is 0 Å². The van der Waals surface area contributed by atoms with Gasteiger partial charge in [-0.25, -0.2) is 4.79 Å².